The van der Waals surface area contributed by atoms with Gasteiger partial charge in [0.2, 0.25) is 5.91 Å². The number of rotatable bonds is 6. The Morgan fingerprint density at radius 3 is 2.76 bits per heavy atom. The molecular formula is C26H28N6O2. The fourth-order valence-corrected chi connectivity index (χ4v) is 4.99. The van der Waals surface area contributed by atoms with Crippen molar-refractivity contribution in [3.63, 3.8) is 0 Å². The van der Waals surface area contributed by atoms with Crippen molar-refractivity contribution in [2.75, 3.05) is 0 Å². The molecule has 3 heterocycles. The first-order chi connectivity index (χ1) is 16.5. The molecule has 0 spiro atoms. The minimum Gasteiger partial charge on any atom is -0.328 e. The quantitative estimate of drug-likeness (QED) is 0.591. The number of carbonyl (C=O) groups excluding carboxylic acids is 2. The highest BCUT2D eigenvalue weighted by Gasteiger charge is 2.50. The molecule has 34 heavy (non-hydrogen) atoms. The molecular weight excluding hydrogens is 428 g/mol. The van der Waals surface area contributed by atoms with Crippen molar-refractivity contribution in [1.29, 1.82) is 0 Å². The van der Waals surface area contributed by atoms with E-state index in [1.54, 1.807) is 22.1 Å². The van der Waals surface area contributed by atoms with Gasteiger partial charge in [0.15, 0.2) is 0 Å². The SMILES string of the molecule is CCCC1(c2ccccc2)NC(N)N(Cc2cccc(C(=O)N3Cc4cncnc4C3)c2)C1=O. The lowest BCUT2D eigenvalue weighted by molar-refractivity contribution is -0.134. The number of nitrogens with zero attached hydrogens (tertiary/aromatic N) is 4. The van der Waals surface area contributed by atoms with E-state index in [9.17, 15) is 9.59 Å². The van der Waals surface area contributed by atoms with Crippen molar-refractivity contribution in [2.45, 2.75) is 51.2 Å². The monoisotopic (exact) mass is 456 g/mol. The standard InChI is InChI=1S/C26H28N6O2/c1-2-11-26(21-9-4-3-5-10-21)24(34)32(25(27)30-26)14-18-7-6-8-19(12-18)23(33)31-15-20-13-28-17-29-22(20)16-31/h3-10,12-13,17,25,30H,2,11,14-16,27H2,1H3. The maximum atomic E-state index is 13.7. The zero-order valence-electron chi connectivity index (χ0n) is 19.1. The van der Waals surface area contributed by atoms with Crippen LogP contribution in [-0.4, -0.2) is 37.9 Å². The molecule has 2 atom stereocenters. The molecule has 174 valence electrons. The van der Waals surface area contributed by atoms with Crippen LogP contribution in [0.25, 0.3) is 0 Å². The summed E-state index contributed by atoms with van der Waals surface area (Å²) in [6.45, 7) is 3.34. The Labute approximate surface area is 198 Å². The molecule has 0 aliphatic carbocycles. The van der Waals surface area contributed by atoms with Crippen LogP contribution in [0.15, 0.2) is 67.1 Å². The Bertz CT molecular complexity index is 1190. The van der Waals surface area contributed by atoms with Crippen LogP contribution in [0.4, 0.5) is 0 Å². The zero-order valence-corrected chi connectivity index (χ0v) is 19.1. The number of amides is 2. The van der Waals surface area contributed by atoms with Gasteiger partial charge < -0.3 is 9.80 Å². The maximum Gasteiger partial charge on any atom is 0.254 e. The van der Waals surface area contributed by atoms with Gasteiger partial charge in [0, 0.05) is 30.4 Å². The van der Waals surface area contributed by atoms with E-state index in [0.717, 1.165) is 28.8 Å². The van der Waals surface area contributed by atoms with Crippen LogP contribution in [0, 0.1) is 0 Å². The molecule has 0 saturated carbocycles. The van der Waals surface area contributed by atoms with Crippen molar-refractivity contribution >= 4 is 11.8 Å². The van der Waals surface area contributed by atoms with Gasteiger partial charge in [0.1, 0.15) is 18.2 Å². The van der Waals surface area contributed by atoms with Gasteiger partial charge in [-0.1, -0.05) is 55.8 Å². The predicted molar refractivity (Wildman–Crippen MR) is 127 cm³/mol. The van der Waals surface area contributed by atoms with Crippen LogP contribution in [0.3, 0.4) is 0 Å². The number of carbonyl (C=O) groups is 2. The Morgan fingerprint density at radius 1 is 1.18 bits per heavy atom. The van der Waals surface area contributed by atoms with Crippen LogP contribution in [0.2, 0.25) is 0 Å². The molecule has 2 amide bonds. The molecule has 3 N–H and O–H groups in total. The van der Waals surface area contributed by atoms with E-state index in [4.69, 9.17) is 5.73 Å². The topological polar surface area (TPSA) is 104 Å². The van der Waals surface area contributed by atoms with E-state index in [1.807, 2.05) is 48.5 Å². The van der Waals surface area contributed by atoms with Crippen LogP contribution >= 0.6 is 0 Å². The lowest BCUT2D eigenvalue weighted by Gasteiger charge is -2.27. The van der Waals surface area contributed by atoms with Gasteiger partial charge in [-0.2, -0.15) is 0 Å². The van der Waals surface area contributed by atoms with E-state index in [0.29, 0.717) is 31.6 Å². The van der Waals surface area contributed by atoms with Crippen LogP contribution in [0.1, 0.15) is 52.5 Å². The number of hydrogen-bond acceptors (Lipinski definition) is 6. The van der Waals surface area contributed by atoms with Crippen LogP contribution in [0.5, 0.6) is 0 Å². The third-order valence-corrected chi connectivity index (χ3v) is 6.64. The molecule has 0 radical (unpaired) electrons. The molecule has 1 aromatic heterocycles. The summed E-state index contributed by atoms with van der Waals surface area (Å²) in [6, 6.07) is 17.2. The minimum atomic E-state index is -0.842. The molecule has 1 saturated heterocycles. The van der Waals surface area contributed by atoms with E-state index < -0.39 is 11.8 Å². The smallest absolute Gasteiger partial charge is 0.254 e. The van der Waals surface area contributed by atoms with Gasteiger partial charge in [-0.15, -0.1) is 0 Å². The Balaban J connectivity index is 1.35. The third-order valence-electron chi connectivity index (χ3n) is 6.64. The average molecular weight is 457 g/mol. The second-order valence-corrected chi connectivity index (χ2v) is 8.90. The molecule has 8 nitrogen and oxygen atoms in total. The summed E-state index contributed by atoms with van der Waals surface area (Å²) < 4.78 is 0. The molecule has 1 fully saturated rings. The van der Waals surface area contributed by atoms with E-state index in [2.05, 4.69) is 22.2 Å². The van der Waals surface area contributed by atoms with Gasteiger partial charge in [-0.25, -0.2) is 9.97 Å². The Hall–Kier alpha value is -3.62. The van der Waals surface area contributed by atoms with Crippen LogP contribution < -0.4 is 11.1 Å². The number of aromatic nitrogens is 2. The van der Waals surface area contributed by atoms with Crippen molar-refractivity contribution < 1.29 is 9.59 Å². The predicted octanol–water partition coefficient (Wildman–Crippen LogP) is 2.50. The summed E-state index contributed by atoms with van der Waals surface area (Å²) in [4.78, 5) is 38.6. The lowest BCUT2D eigenvalue weighted by Crippen LogP contribution is -2.47. The lowest BCUT2D eigenvalue weighted by atomic mass is 9.85. The van der Waals surface area contributed by atoms with E-state index in [-0.39, 0.29) is 11.8 Å². The highest BCUT2D eigenvalue weighted by atomic mass is 16.2. The highest BCUT2D eigenvalue weighted by molar-refractivity contribution is 5.95. The fraction of sp³-hybridized carbons (Fsp3) is 0.308. The fourth-order valence-electron chi connectivity index (χ4n) is 4.99. The largest absolute Gasteiger partial charge is 0.328 e. The van der Waals surface area contributed by atoms with E-state index in [1.165, 1.54) is 6.33 Å². The first-order valence-corrected chi connectivity index (χ1v) is 11.6. The van der Waals surface area contributed by atoms with Gasteiger partial charge in [-0.05, 0) is 29.7 Å². The summed E-state index contributed by atoms with van der Waals surface area (Å²) >= 11 is 0. The summed E-state index contributed by atoms with van der Waals surface area (Å²) in [5, 5.41) is 3.36. The molecule has 2 aromatic carbocycles. The summed E-state index contributed by atoms with van der Waals surface area (Å²) in [5.74, 6) is -0.113. The third kappa shape index (κ3) is 3.85. The zero-order chi connectivity index (χ0) is 23.7. The van der Waals surface area contributed by atoms with Gasteiger partial charge in [0.25, 0.3) is 5.91 Å². The minimum absolute atomic E-state index is 0.0432. The van der Waals surface area contributed by atoms with Crippen molar-refractivity contribution in [2.24, 2.45) is 5.73 Å². The molecule has 2 aliphatic heterocycles. The maximum absolute atomic E-state index is 13.7. The number of nitrogens with two attached hydrogens (primary N) is 1. The second kappa shape index (κ2) is 8.96. The normalized spacial score (nSPS) is 21.7. The number of fused-ring (bicyclic) bond motifs is 1. The molecule has 2 unspecified atom stereocenters. The second-order valence-electron chi connectivity index (χ2n) is 8.90. The number of benzene rings is 2. The van der Waals surface area contributed by atoms with Gasteiger partial charge in [-0.3, -0.25) is 20.6 Å². The van der Waals surface area contributed by atoms with Crippen molar-refractivity contribution in [3.8, 4) is 0 Å². The summed E-state index contributed by atoms with van der Waals surface area (Å²) in [6.07, 6.45) is 4.13. The number of nitrogens with one attached hydrogen (secondary N) is 1. The molecule has 3 aromatic rings. The Morgan fingerprint density at radius 2 is 2.00 bits per heavy atom. The van der Waals surface area contributed by atoms with Crippen LogP contribution in [-0.2, 0) is 30.0 Å². The van der Waals surface area contributed by atoms with Gasteiger partial charge >= 0.3 is 0 Å². The van der Waals surface area contributed by atoms with Gasteiger partial charge in [0.05, 0.1) is 12.2 Å². The summed E-state index contributed by atoms with van der Waals surface area (Å²) in [7, 11) is 0. The summed E-state index contributed by atoms with van der Waals surface area (Å²) in [5.41, 5.74) is 9.77. The highest BCUT2D eigenvalue weighted by Crippen LogP contribution is 2.35. The molecule has 8 heteroatoms. The van der Waals surface area contributed by atoms with E-state index >= 15 is 0 Å². The van der Waals surface area contributed by atoms with Crippen molar-refractivity contribution in [1.82, 2.24) is 25.1 Å². The molecule has 0 bridgehead atoms. The molecule has 5 rings (SSSR count). The first-order valence-electron chi connectivity index (χ1n) is 11.6. The number of hydrogen-bond donors (Lipinski definition) is 2. The van der Waals surface area contributed by atoms with Crippen molar-refractivity contribution in [3.05, 3.63) is 95.1 Å². The molecule has 2 aliphatic rings. The average Bonchev–Trinajstić information content (AvgIpc) is 3.40. The Kier molecular flexibility index (Phi) is 5.85. The first kappa shape index (κ1) is 22.2.